The maximum Gasteiger partial charge on any atom is 0.338 e. The summed E-state index contributed by atoms with van der Waals surface area (Å²) in [5.74, 6) is -0.314. The highest BCUT2D eigenvalue weighted by atomic mass is 32.1. The molecule has 3 nitrogen and oxygen atoms in total. The van der Waals surface area contributed by atoms with E-state index in [2.05, 4.69) is 12.6 Å². The predicted molar refractivity (Wildman–Crippen MR) is 63.0 cm³/mol. The van der Waals surface area contributed by atoms with Crippen molar-refractivity contribution in [2.24, 2.45) is 0 Å². The van der Waals surface area contributed by atoms with E-state index in [0.29, 0.717) is 12.2 Å². The highest BCUT2D eigenvalue weighted by Gasteiger charge is 2.17. The maximum absolute atomic E-state index is 11.6. The summed E-state index contributed by atoms with van der Waals surface area (Å²) < 4.78 is 10.5. The first kappa shape index (κ1) is 11.5. The molecule has 16 heavy (non-hydrogen) atoms. The van der Waals surface area contributed by atoms with Crippen molar-refractivity contribution in [2.45, 2.75) is 23.8 Å². The average molecular weight is 238 g/mol. The molecule has 4 heteroatoms. The first-order valence-electron chi connectivity index (χ1n) is 5.33. The van der Waals surface area contributed by atoms with E-state index in [1.807, 2.05) is 6.07 Å². The van der Waals surface area contributed by atoms with Gasteiger partial charge in [0.1, 0.15) is 6.61 Å². The lowest BCUT2D eigenvalue weighted by molar-refractivity contribution is 0.0161. The third-order valence-electron chi connectivity index (χ3n) is 2.51. The Morgan fingerprint density at radius 1 is 1.56 bits per heavy atom. The van der Waals surface area contributed by atoms with E-state index in [0.717, 1.165) is 24.3 Å². The molecule has 2 rings (SSSR count). The van der Waals surface area contributed by atoms with Gasteiger partial charge in [0.15, 0.2) is 0 Å². The van der Waals surface area contributed by atoms with Crippen LogP contribution in [0.5, 0.6) is 0 Å². The van der Waals surface area contributed by atoms with E-state index >= 15 is 0 Å². The van der Waals surface area contributed by atoms with Crippen LogP contribution < -0.4 is 0 Å². The summed E-state index contributed by atoms with van der Waals surface area (Å²) in [4.78, 5) is 12.4. The van der Waals surface area contributed by atoms with Crippen molar-refractivity contribution in [1.29, 1.82) is 0 Å². The van der Waals surface area contributed by atoms with Crippen LogP contribution in [0.1, 0.15) is 23.2 Å². The second-order valence-corrected chi connectivity index (χ2v) is 4.30. The predicted octanol–water partition coefficient (Wildman–Crippen LogP) is 2.31. The average Bonchev–Trinajstić information content (AvgIpc) is 2.78. The number of esters is 1. The number of carbonyl (C=O) groups is 1. The number of thiol groups is 1. The van der Waals surface area contributed by atoms with Crippen molar-refractivity contribution < 1.29 is 14.3 Å². The van der Waals surface area contributed by atoms with Crippen molar-refractivity contribution in [3.63, 3.8) is 0 Å². The molecule has 0 amide bonds. The van der Waals surface area contributed by atoms with E-state index in [-0.39, 0.29) is 12.1 Å². The van der Waals surface area contributed by atoms with E-state index in [1.165, 1.54) is 0 Å². The highest BCUT2D eigenvalue weighted by molar-refractivity contribution is 7.80. The monoisotopic (exact) mass is 238 g/mol. The molecule has 0 bridgehead atoms. The normalized spacial score (nSPS) is 19.7. The molecule has 1 heterocycles. The molecule has 0 radical (unpaired) electrons. The van der Waals surface area contributed by atoms with Gasteiger partial charge in [-0.2, -0.15) is 0 Å². The third kappa shape index (κ3) is 3.00. The van der Waals surface area contributed by atoms with Crippen molar-refractivity contribution in [3.8, 4) is 0 Å². The van der Waals surface area contributed by atoms with Crippen LogP contribution in [0.2, 0.25) is 0 Å². The van der Waals surface area contributed by atoms with Crippen LogP contribution in [0.4, 0.5) is 0 Å². The fourth-order valence-corrected chi connectivity index (χ4v) is 1.89. The smallest absolute Gasteiger partial charge is 0.338 e. The lowest BCUT2D eigenvalue weighted by Crippen LogP contribution is -2.17. The number of ether oxygens (including phenoxy) is 2. The third-order valence-corrected chi connectivity index (χ3v) is 2.78. The number of benzene rings is 1. The first-order valence-corrected chi connectivity index (χ1v) is 5.78. The minimum atomic E-state index is -0.314. The van der Waals surface area contributed by atoms with Crippen LogP contribution in [-0.2, 0) is 9.47 Å². The van der Waals surface area contributed by atoms with Crippen molar-refractivity contribution in [3.05, 3.63) is 29.8 Å². The minimum absolute atomic E-state index is 0.0723. The largest absolute Gasteiger partial charge is 0.459 e. The molecule has 0 aromatic heterocycles. The topological polar surface area (TPSA) is 35.5 Å². The van der Waals surface area contributed by atoms with E-state index < -0.39 is 0 Å². The van der Waals surface area contributed by atoms with Gasteiger partial charge in [0.05, 0.1) is 11.7 Å². The van der Waals surface area contributed by atoms with Gasteiger partial charge in [-0.3, -0.25) is 0 Å². The van der Waals surface area contributed by atoms with Gasteiger partial charge in [-0.25, -0.2) is 4.79 Å². The van der Waals surface area contributed by atoms with Gasteiger partial charge in [-0.05, 0) is 31.0 Å². The number of hydrogen-bond acceptors (Lipinski definition) is 4. The van der Waals surface area contributed by atoms with Gasteiger partial charge < -0.3 is 9.47 Å². The summed E-state index contributed by atoms with van der Waals surface area (Å²) >= 11 is 4.17. The van der Waals surface area contributed by atoms with Crippen LogP contribution in [0.25, 0.3) is 0 Å². The Labute approximate surface area is 100 Å². The molecule has 0 N–H and O–H groups in total. The molecule has 1 aromatic rings. The van der Waals surface area contributed by atoms with Gasteiger partial charge in [0.2, 0.25) is 0 Å². The SMILES string of the molecule is O=C(OCC1CCCO1)c1cccc(S)c1. The Balaban J connectivity index is 1.87. The highest BCUT2D eigenvalue weighted by Crippen LogP contribution is 2.14. The summed E-state index contributed by atoms with van der Waals surface area (Å²) in [7, 11) is 0. The minimum Gasteiger partial charge on any atom is -0.459 e. The molecule has 0 aliphatic carbocycles. The van der Waals surface area contributed by atoms with Crippen molar-refractivity contribution >= 4 is 18.6 Å². The second kappa shape index (κ2) is 5.37. The second-order valence-electron chi connectivity index (χ2n) is 3.78. The van der Waals surface area contributed by atoms with Crippen LogP contribution in [-0.4, -0.2) is 25.3 Å². The Morgan fingerprint density at radius 2 is 2.44 bits per heavy atom. The van der Waals surface area contributed by atoms with Gasteiger partial charge in [0, 0.05) is 11.5 Å². The number of rotatable bonds is 3. The van der Waals surface area contributed by atoms with Crippen LogP contribution >= 0.6 is 12.6 Å². The standard InChI is InChI=1S/C12H14O3S/c13-12(9-3-1-5-11(16)7-9)15-8-10-4-2-6-14-10/h1,3,5,7,10,16H,2,4,6,8H2. The maximum atomic E-state index is 11.6. The first-order chi connectivity index (χ1) is 7.75. The summed E-state index contributed by atoms with van der Waals surface area (Å²) in [5.41, 5.74) is 0.533. The lowest BCUT2D eigenvalue weighted by Gasteiger charge is -2.10. The quantitative estimate of drug-likeness (QED) is 0.648. The molecule has 1 atom stereocenters. The Morgan fingerprint density at radius 3 is 3.12 bits per heavy atom. The van der Waals surface area contributed by atoms with Gasteiger partial charge >= 0.3 is 5.97 Å². The molecule has 1 aliphatic heterocycles. The van der Waals surface area contributed by atoms with Crippen molar-refractivity contribution in [1.82, 2.24) is 0 Å². The molecule has 1 aromatic carbocycles. The fourth-order valence-electron chi connectivity index (χ4n) is 1.66. The summed E-state index contributed by atoms with van der Waals surface area (Å²) in [5, 5.41) is 0. The Kier molecular flexibility index (Phi) is 3.85. The summed E-state index contributed by atoms with van der Waals surface area (Å²) in [6.45, 7) is 1.12. The zero-order chi connectivity index (χ0) is 11.4. The Bertz CT molecular complexity index is 372. The number of hydrogen-bond donors (Lipinski definition) is 1. The van der Waals surface area contributed by atoms with Crippen molar-refractivity contribution in [2.75, 3.05) is 13.2 Å². The Hall–Kier alpha value is -1.00. The van der Waals surface area contributed by atoms with E-state index in [4.69, 9.17) is 9.47 Å². The zero-order valence-corrected chi connectivity index (χ0v) is 9.78. The zero-order valence-electron chi connectivity index (χ0n) is 8.89. The summed E-state index contributed by atoms with van der Waals surface area (Å²) in [6, 6.07) is 7.02. The van der Waals surface area contributed by atoms with E-state index in [9.17, 15) is 4.79 Å². The lowest BCUT2D eigenvalue weighted by atomic mass is 10.2. The molecule has 0 spiro atoms. The summed E-state index contributed by atoms with van der Waals surface area (Å²) in [6.07, 6.45) is 2.09. The van der Waals surface area contributed by atoms with Gasteiger partial charge in [-0.15, -0.1) is 12.6 Å². The molecular formula is C12H14O3S. The van der Waals surface area contributed by atoms with Gasteiger partial charge in [0.25, 0.3) is 0 Å². The molecule has 0 saturated carbocycles. The molecule has 1 fully saturated rings. The van der Waals surface area contributed by atoms with Crippen LogP contribution in [0, 0.1) is 0 Å². The van der Waals surface area contributed by atoms with Crippen LogP contribution in [0.3, 0.4) is 0 Å². The molecule has 86 valence electrons. The molecule has 1 aliphatic rings. The van der Waals surface area contributed by atoms with Crippen LogP contribution in [0.15, 0.2) is 29.2 Å². The van der Waals surface area contributed by atoms with Gasteiger partial charge in [-0.1, -0.05) is 6.07 Å². The molecule has 1 unspecified atom stereocenters. The molecule has 1 saturated heterocycles. The number of carbonyl (C=O) groups excluding carboxylic acids is 1. The fraction of sp³-hybridized carbons (Fsp3) is 0.417. The molecular weight excluding hydrogens is 224 g/mol. The van der Waals surface area contributed by atoms with E-state index in [1.54, 1.807) is 18.2 Å².